The minimum atomic E-state index is -1.46. The number of carbonyl (C=O) groups excluding carboxylic acids is 3. The fourth-order valence-electron chi connectivity index (χ4n) is 5.04. The highest BCUT2D eigenvalue weighted by Gasteiger charge is 2.32. The molecule has 1 saturated heterocycles. The molecule has 1 aliphatic heterocycles. The maximum absolute atomic E-state index is 13.8. The van der Waals surface area contributed by atoms with Crippen LogP contribution in [0.2, 0.25) is 0 Å². The minimum Gasteiger partial charge on any atom is -0.481 e. The fourth-order valence-corrected chi connectivity index (χ4v) is 5.04. The number of aromatic nitrogens is 1. The quantitative estimate of drug-likeness (QED) is 0.148. The van der Waals surface area contributed by atoms with Crippen LogP contribution in [0.4, 0.5) is 0 Å². The molecule has 0 radical (unpaired) electrons. The van der Waals surface area contributed by atoms with Gasteiger partial charge in [-0.05, 0) is 43.0 Å². The summed E-state index contributed by atoms with van der Waals surface area (Å²) in [5.74, 6) is -4.30. The smallest absolute Gasteiger partial charge is 0.326 e. The van der Waals surface area contributed by atoms with E-state index in [9.17, 15) is 29.1 Å². The molecule has 12 nitrogen and oxygen atoms in total. The van der Waals surface area contributed by atoms with Crippen LogP contribution in [0.15, 0.2) is 60.8 Å². The van der Waals surface area contributed by atoms with Gasteiger partial charge in [-0.2, -0.15) is 0 Å². The van der Waals surface area contributed by atoms with Gasteiger partial charge in [-0.1, -0.05) is 48.5 Å². The average Bonchev–Trinajstić information content (AvgIpc) is 3.66. The minimum absolute atomic E-state index is 0.0433. The van der Waals surface area contributed by atoms with Crippen LogP contribution in [-0.2, 0) is 36.8 Å². The van der Waals surface area contributed by atoms with Crippen molar-refractivity contribution in [3.8, 4) is 0 Å². The molecule has 7 N–H and O–H groups in total. The average molecular weight is 578 g/mol. The Kier molecular flexibility index (Phi) is 10.3. The van der Waals surface area contributed by atoms with E-state index in [1.165, 1.54) is 0 Å². The first-order chi connectivity index (χ1) is 20.2. The van der Waals surface area contributed by atoms with Crippen LogP contribution in [0, 0.1) is 0 Å². The van der Waals surface area contributed by atoms with E-state index in [-0.39, 0.29) is 25.2 Å². The Morgan fingerprint density at radius 1 is 0.833 bits per heavy atom. The molecule has 2 heterocycles. The van der Waals surface area contributed by atoms with Gasteiger partial charge in [0.05, 0.1) is 6.04 Å². The molecule has 0 spiro atoms. The second kappa shape index (κ2) is 14.3. The predicted octanol–water partition coefficient (Wildman–Crippen LogP) is 1.11. The van der Waals surface area contributed by atoms with E-state index in [0.29, 0.717) is 18.5 Å². The summed E-state index contributed by atoms with van der Waals surface area (Å²) in [5, 5.41) is 30.5. The Balaban J connectivity index is 1.57. The summed E-state index contributed by atoms with van der Waals surface area (Å²) >= 11 is 0. The Morgan fingerprint density at radius 2 is 1.50 bits per heavy atom. The number of aromatic amines is 1. The molecule has 4 atom stereocenters. The zero-order chi connectivity index (χ0) is 30.1. The molecule has 1 fully saturated rings. The summed E-state index contributed by atoms with van der Waals surface area (Å²) in [5.41, 5.74) is 2.38. The number of para-hydroxylation sites is 1. The number of nitrogens with one attached hydrogen (secondary N) is 5. The topological polar surface area (TPSA) is 190 Å². The predicted molar refractivity (Wildman–Crippen MR) is 153 cm³/mol. The number of hydrogen-bond donors (Lipinski definition) is 7. The summed E-state index contributed by atoms with van der Waals surface area (Å²) in [7, 11) is 0. The third-order valence-electron chi connectivity index (χ3n) is 7.29. The maximum atomic E-state index is 13.8. The Hall–Kier alpha value is -4.71. The highest BCUT2D eigenvalue weighted by atomic mass is 16.4. The van der Waals surface area contributed by atoms with Gasteiger partial charge in [0.15, 0.2) is 0 Å². The number of benzene rings is 2. The molecule has 1 aliphatic rings. The molecule has 42 heavy (non-hydrogen) atoms. The third-order valence-corrected chi connectivity index (χ3v) is 7.29. The van der Waals surface area contributed by atoms with Crippen molar-refractivity contribution in [2.24, 2.45) is 0 Å². The summed E-state index contributed by atoms with van der Waals surface area (Å²) in [6, 6.07) is 12.3. The molecule has 222 valence electrons. The Morgan fingerprint density at radius 3 is 2.17 bits per heavy atom. The van der Waals surface area contributed by atoms with E-state index >= 15 is 0 Å². The van der Waals surface area contributed by atoms with E-state index in [4.69, 9.17) is 5.11 Å². The lowest BCUT2D eigenvalue weighted by Crippen LogP contribution is -2.58. The van der Waals surface area contributed by atoms with Gasteiger partial charge in [-0.3, -0.25) is 19.2 Å². The zero-order valence-corrected chi connectivity index (χ0v) is 23.0. The zero-order valence-electron chi connectivity index (χ0n) is 23.0. The molecule has 12 heteroatoms. The van der Waals surface area contributed by atoms with Gasteiger partial charge in [0.1, 0.15) is 18.1 Å². The van der Waals surface area contributed by atoms with Crippen LogP contribution in [0.1, 0.15) is 36.8 Å². The number of H-pyrrole nitrogens is 1. The summed E-state index contributed by atoms with van der Waals surface area (Å²) in [6.45, 7) is 0.698. The van der Waals surface area contributed by atoms with Crippen LogP contribution in [0.5, 0.6) is 0 Å². The van der Waals surface area contributed by atoms with Crippen molar-refractivity contribution < 1.29 is 34.2 Å². The van der Waals surface area contributed by atoms with Crippen molar-refractivity contribution in [2.45, 2.75) is 62.7 Å². The lowest BCUT2D eigenvalue weighted by molar-refractivity contribution is -0.143. The highest BCUT2D eigenvalue weighted by Crippen LogP contribution is 2.20. The standard InChI is InChI=1S/C30H35N5O7/c36-26(37)13-12-23(30(41)42)33-28(39)24(15-18-7-2-1-3-8-18)34-29(40)25(35-27(38)22-11-6-14-31-22)16-19-17-32-21-10-5-4-9-20(19)21/h1-5,7-10,17,22-25,31-32H,6,11-16H2,(H,33,39)(H,34,40)(H,35,38)(H,36,37)(H,41,42). The molecule has 3 aromatic rings. The van der Waals surface area contributed by atoms with Gasteiger partial charge in [0.2, 0.25) is 17.7 Å². The van der Waals surface area contributed by atoms with Crippen molar-refractivity contribution in [2.75, 3.05) is 6.54 Å². The summed E-state index contributed by atoms with van der Waals surface area (Å²) in [4.78, 5) is 66.1. The molecular weight excluding hydrogens is 542 g/mol. The monoisotopic (exact) mass is 577 g/mol. The number of hydrogen-bond acceptors (Lipinski definition) is 6. The summed E-state index contributed by atoms with van der Waals surface area (Å²) < 4.78 is 0. The Bertz CT molecular complexity index is 1420. The number of amides is 3. The number of carboxylic acids is 2. The molecular formula is C30H35N5O7. The summed E-state index contributed by atoms with van der Waals surface area (Å²) in [6.07, 6.45) is 2.66. The first-order valence-corrected chi connectivity index (χ1v) is 13.9. The molecule has 0 saturated carbocycles. The number of carbonyl (C=O) groups is 5. The van der Waals surface area contributed by atoms with Gasteiger partial charge in [0.25, 0.3) is 0 Å². The van der Waals surface area contributed by atoms with E-state index in [1.54, 1.807) is 36.5 Å². The van der Waals surface area contributed by atoms with Crippen LogP contribution in [-0.4, -0.2) is 75.6 Å². The van der Waals surface area contributed by atoms with Gasteiger partial charge in [0, 0.05) is 36.4 Å². The van der Waals surface area contributed by atoms with Crippen molar-refractivity contribution in [1.29, 1.82) is 0 Å². The van der Waals surface area contributed by atoms with Crippen molar-refractivity contribution in [3.63, 3.8) is 0 Å². The first kappa shape index (κ1) is 30.3. The van der Waals surface area contributed by atoms with Gasteiger partial charge in [-0.25, -0.2) is 4.79 Å². The molecule has 0 bridgehead atoms. The van der Waals surface area contributed by atoms with Crippen molar-refractivity contribution in [3.05, 3.63) is 71.9 Å². The SMILES string of the molecule is O=C(O)CCC(NC(=O)C(Cc1ccccc1)NC(=O)C(Cc1c[nH]c2ccccc12)NC(=O)C1CCCN1)C(=O)O. The number of aliphatic carboxylic acids is 2. The number of fused-ring (bicyclic) bond motifs is 1. The number of rotatable bonds is 14. The van der Waals surface area contributed by atoms with Crippen molar-refractivity contribution in [1.82, 2.24) is 26.3 Å². The molecule has 0 aliphatic carbocycles. The third kappa shape index (κ3) is 8.16. The second-order valence-electron chi connectivity index (χ2n) is 10.4. The fraction of sp³-hybridized carbons (Fsp3) is 0.367. The molecule has 4 unspecified atom stereocenters. The lowest BCUT2D eigenvalue weighted by Gasteiger charge is -2.25. The molecule has 4 rings (SSSR count). The van der Waals surface area contributed by atoms with E-state index in [1.807, 2.05) is 24.3 Å². The molecule has 1 aromatic heterocycles. The van der Waals surface area contributed by atoms with E-state index in [2.05, 4.69) is 26.3 Å². The van der Waals surface area contributed by atoms with E-state index < -0.39 is 54.3 Å². The van der Waals surface area contributed by atoms with Crippen LogP contribution in [0.25, 0.3) is 10.9 Å². The van der Waals surface area contributed by atoms with Crippen LogP contribution < -0.4 is 21.3 Å². The first-order valence-electron chi connectivity index (χ1n) is 13.9. The van der Waals surface area contributed by atoms with Crippen LogP contribution >= 0.6 is 0 Å². The molecule has 2 aromatic carbocycles. The van der Waals surface area contributed by atoms with Gasteiger partial charge in [-0.15, -0.1) is 0 Å². The van der Waals surface area contributed by atoms with Gasteiger partial charge >= 0.3 is 11.9 Å². The van der Waals surface area contributed by atoms with Crippen molar-refractivity contribution >= 4 is 40.6 Å². The normalized spacial score (nSPS) is 16.7. The molecule has 3 amide bonds. The van der Waals surface area contributed by atoms with Crippen LogP contribution in [0.3, 0.4) is 0 Å². The largest absolute Gasteiger partial charge is 0.481 e. The van der Waals surface area contributed by atoms with E-state index in [0.717, 1.165) is 22.9 Å². The van der Waals surface area contributed by atoms with Gasteiger partial charge < -0.3 is 36.5 Å². The number of carboxylic acid groups (broad SMARTS) is 2. The second-order valence-corrected chi connectivity index (χ2v) is 10.4. The maximum Gasteiger partial charge on any atom is 0.326 e. The lowest BCUT2D eigenvalue weighted by atomic mass is 10.0. The highest BCUT2D eigenvalue weighted by molar-refractivity contribution is 5.95. The Labute approximate surface area is 242 Å².